The standard InChI is InChI=1S/C13H19ClN2/c1-9-6-7-16(10(2)8-9)13-11(14)4-3-5-12(13)15/h3-5,9-10H,6-8,15H2,1-2H3. The highest BCUT2D eigenvalue weighted by Crippen LogP contribution is 2.36. The highest BCUT2D eigenvalue weighted by atomic mass is 35.5. The number of nitrogens with zero attached hydrogens (tertiary/aromatic N) is 1. The summed E-state index contributed by atoms with van der Waals surface area (Å²) in [4.78, 5) is 2.34. The Hall–Kier alpha value is -0.890. The molecule has 1 aromatic carbocycles. The molecule has 0 aromatic heterocycles. The van der Waals surface area contributed by atoms with Crippen molar-refractivity contribution in [3.05, 3.63) is 23.2 Å². The Morgan fingerprint density at radius 2 is 2.12 bits per heavy atom. The summed E-state index contributed by atoms with van der Waals surface area (Å²) in [5.74, 6) is 0.801. The summed E-state index contributed by atoms with van der Waals surface area (Å²) < 4.78 is 0. The number of para-hydroxylation sites is 1. The van der Waals surface area contributed by atoms with Gasteiger partial charge < -0.3 is 10.6 Å². The number of hydrogen-bond donors (Lipinski definition) is 1. The van der Waals surface area contributed by atoms with Crippen LogP contribution in [0, 0.1) is 5.92 Å². The van der Waals surface area contributed by atoms with Crippen molar-refractivity contribution in [2.75, 3.05) is 17.2 Å². The second-order valence-corrected chi connectivity index (χ2v) is 5.26. The average Bonchev–Trinajstić information content (AvgIpc) is 2.20. The molecule has 1 fully saturated rings. The molecule has 0 spiro atoms. The van der Waals surface area contributed by atoms with E-state index in [1.165, 1.54) is 12.8 Å². The fourth-order valence-electron chi connectivity index (χ4n) is 2.57. The molecule has 0 amide bonds. The van der Waals surface area contributed by atoms with Crippen LogP contribution >= 0.6 is 11.6 Å². The van der Waals surface area contributed by atoms with Crippen molar-refractivity contribution in [2.24, 2.45) is 5.92 Å². The first kappa shape index (κ1) is 11.6. The summed E-state index contributed by atoms with van der Waals surface area (Å²) in [5.41, 5.74) is 7.83. The third-order valence-corrected chi connectivity index (χ3v) is 3.75. The van der Waals surface area contributed by atoms with Crippen LogP contribution in [0.15, 0.2) is 18.2 Å². The fraction of sp³-hybridized carbons (Fsp3) is 0.538. The third kappa shape index (κ3) is 2.12. The van der Waals surface area contributed by atoms with Crippen LogP contribution in [0.25, 0.3) is 0 Å². The van der Waals surface area contributed by atoms with E-state index in [1.807, 2.05) is 18.2 Å². The Morgan fingerprint density at radius 1 is 1.38 bits per heavy atom. The van der Waals surface area contributed by atoms with Crippen LogP contribution in [0.2, 0.25) is 5.02 Å². The molecule has 3 heteroatoms. The first-order valence-electron chi connectivity index (χ1n) is 5.90. The number of nitrogen functional groups attached to an aromatic ring is 1. The SMILES string of the molecule is CC1CCN(c2c(N)cccc2Cl)C(C)C1. The van der Waals surface area contributed by atoms with Crippen LogP contribution in [0.4, 0.5) is 11.4 Å². The number of hydrogen-bond acceptors (Lipinski definition) is 2. The Balaban J connectivity index is 2.30. The van der Waals surface area contributed by atoms with Crippen molar-refractivity contribution < 1.29 is 0 Å². The monoisotopic (exact) mass is 238 g/mol. The summed E-state index contributed by atoms with van der Waals surface area (Å²) in [7, 11) is 0. The van der Waals surface area contributed by atoms with Gasteiger partial charge in [0.15, 0.2) is 0 Å². The zero-order valence-electron chi connectivity index (χ0n) is 9.91. The Kier molecular flexibility index (Phi) is 3.29. The molecule has 1 aliphatic rings. The molecule has 1 aliphatic heterocycles. The lowest BCUT2D eigenvalue weighted by molar-refractivity contribution is 0.378. The second kappa shape index (κ2) is 4.54. The van der Waals surface area contributed by atoms with Crippen LogP contribution in [-0.2, 0) is 0 Å². The minimum absolute atomic E-state index is 0.519. The van der Waals surface area contributed by atoms with E-state index in [0.717, 1.165) is 28.9 Å². The third-order valence-electron chi connectivity index (χ3n) is 3.44. The lowest BCUT2D eigenvalue weighted by atomic mass is 9.93. The lowest BCUT2D eigenvalue weighted by Crippen LogP contribution is -2.40. The number of piperidine rings is 1. The van der Waals surface area contributed by atoms with Crippen LogP contribution < -0.4 is 10.6 Å². The maximum atomic E-state index is 6.24. The summed E-state index contributed by atoms with van der Waals surface area (Å²) in [6.45, 7) is 5.61. The summed E-state index contributed by atoms with van der Waals surface area (Å²) in [6.07, 6.45) is 2.43. The summed E-state index contributed by atoms with van der Waals surface area (Å²) in [5, 5.41) is 0.765. The molecular formula is C13H19ClN2. The molecule has 2 unspecified atom stereocenters. The van der Waals surface area contributed by atoms with E-state index in [0.29, 0.717) is 6.04 Å². The maximum Gasteiger partial charge on any atom is 0.0791 e. The average molecular weight is 239 g/mol. The van der Waals surface area contributed by atoms with Crippen molar-refractivity contribution in [1.29, 1.82) is 0 Å². The van der Waals surface area contributed by atoms with Gasteiger partial charge in [-0.25, -0.2) is 0 Å². The topological polar surface area (TPSA) is 29.3 Å². The molecule has 0 aliphatic carbocycles. The molecule has 0 bridgehead atoms. The van der Waals surface area contributed by atoms with Gasteiger partial charge in [-0.05, 0) is 37.8 Å². The molecule has 2 rings (SSSR count). The van der Waals surface area contributed by atoms with Gasteiger partial charge in [-0.3, -0.25) is 0 Å². The van der Waals surface area contributed by atoms with Gasteiger partial charge in [0.05, 0.1) is 16.4 Å². The van der Waals surface area contributed by atoms with E-state index in [4.69, 9.17) is 17.3 Å². The van der Waals surface area contributed by atoms with Gasteiger partial charge >= 0.3 is 0 Å². The van der Waals surface area contributed by atoms with Crippen LogP contribution in [0.1, 0.15) is 26.7 Å². The number of benzene rings is 1. The first-order chi connectivity index (χ1) is 7.59. The molecule has 2 nitrogen and oxygen atoms in total. The van der Waals surface area contributed by atoms with Gasteiger partial charge in [0, 0.05) is 12.6 Å². The smallest absolute Gasteiger partial charge is 0.0791 e. The van der Waals surface area contributed by atoms with Gasteiger partial charge in [0.2, 0.25) is 0 Å². The Labute approximate surface area is 102 Å². The molecule has 1 heterocycles. The van der Waals surface area contributed by atoms with Gasteiger partial charge in [0.1, 0.15) is 0 Å². The first-order valence-corrected chi connectivity index (χ1v) is 6.28. The van der Waals surface area contributed by atoms with Crippen molar-refractivity contribution in [2.45, 2.75) is 32.7 Å². The fourth-order valence-corrected chi connectivity index (χ4v) is 2.86. The van der Waals surface area contributed by atoms with Crippen LogP contribution in [0.5, 0.6) is 0 Å². The molecule has 2 atom stereocenters. The quantitative estimate of drug-likeness (QED) is 0.759. The van der Waals surface area contributed by atoms with Gasteiger partial charge in [-0.2, -0.15) is 0 Å². The minimum Gasteiger partial charge on any atom is -0.397 e. The summed E-state index contributed by atoms with van der Waals surface area (Å²) in [6, 6.07) is 6.26. The van der Waals surface area contributed by atoms with Crippen molar-refractivity contribution in [3.8, 4) is 0 Å². The van der Waals surface area contributed by atoms with E-state index in [2.05, 4.69) is 18.7 Å². The van der Waals surface area contributed by atoms with Crippen molar-refractivity contribution in [1.82, 2.24) is 0 Å². The number of halogens is 1. The molecule has 1 aromatic rings. The van der Waals surface area contributed by atoms with Crippen LogP contribution in [0.3, 0.4) is 0 Å². The molecule has 0 saturated carbocycles. The zero-order chi connectivity index (χ0) is 11.7. The van der Waals surface area contributed by atoms with Gasteiger partial charge in [0.25, 0.3) is 0 Å². The summed E-state index contributed by atoms with van der Waals surface area (Å²) >= 11 is 6.24. The van der Waals surface area contributed by atoms with Crippen LogP contribution in [-0.4, -0.2) is 12.6 Å². The van der Waals surface area contributed by atoms with Crippen molar-refractivity contribution in [3.63, 3.8) is 0 Å². The number of nitrogens with two attached hydrogens (primary N) is 1. The molecule has 16 heavy (non-hydrogen) atoms. The highest BCUT2D eigenvalue weighted by Gasteiger charge is 2.25. The van der Waals surface area contributed by atoms with Gasteiger partial charge in [-0.15, -0.1) is 0 Å². The van der Waals surface area contributed by atoms with E-state index in [9.17, 15) is 0 Å². The highest BCUT2D eigenvalue weighted by molar-refractivity contribution is 6.34. The predicted molar refractivity (Wildman–Crippen MR) is 71.1 cm³/mol. The lowest BCUT2D eigenvalue weighted by Gasteiger charge is -2.39. The largest absolute Gasteiger partial charge is 0.397 e. The Morgan fingerprint density at radius 3 is 2.75 bits per heavy atom. The predicted octanol–water partition coefficient (Wildman–Crippen LogP) is 3.55. The Bertz CT molecular complexity index is 358. The zero-order valence-corrected chi connectivity index (χ0v) is 10.7. The minimum atomic E-state index is 0.519. The number of anilines is 2. The second-order valence-electron chi connectivity index (χ2n) is 4.85. The van der Waals surface area contributed by atoms with E-state index >= 15 is 0 Å². The van der Waals surface area contributed by atoms with Crippen molar-refractivity contribution >= 4 is 23.0 Å². The number of rotatable bonds is 1. The molecule has 2 N–H and O–H groups in total. The molecule has 1 saturated heterocycles. The molecular weight excluding hydrogens is 220 g/mol. The molecule has 88 valence electrons. The van der Waals surface area contributed by atoms with E-state index < -0.39 is 0 Å². The van der Waals surface area contributed by atoms with E-state index in [-0.39, 0.29) is 0 Å². The normalized spacial score (nSPS) is 25.8. The molecule has 0 radical (unpaired) electrons. The van der Waals surface area contributed by atoms with Gasteiger partial charge in [-0.1, -0.05) is 24.6 Å². The van der Waals surface area contributed by atoms with E-state index in [1.54, 1.807) is 0 Å². The maximum absolute atomic E-state index is 6.24.